The number of carboxylic acids is 1. The van der Waals surface area contributed by atoms with Gasteiger partial charge < -0.3 is 24.8 Å². The maximum atomic E-state index is 13.1. The zero-order valence-electron chi connectivity index (χ0n) is 15.2. The predicted octanol–water partition coefficient (Wildman–Crippen LogP) is 3.29. The Hall–Kier alpha value is -3.43. The van der Waals surface area contributed by atoms with Crippen LogP contribution in [0.2, 0.25) is 0 Å². The van der Waals surface area contributed by atoms with E-state index in [4.69, 9.17) is 14.6 Å². The van der Waals surface area contributed by atoms with E-state index in [0.29, 0.717) is 16.2 Å². The van der Waals surface area contributed by atoms with Gasteiger partial charge in [0, 0.05) is 5.69 Å². The Balaban J connectivity index is 2.00. The van der Waals surface area contributed by atoms with E-state index < -0.39 is 37.4 Å². The number of carboxylic acid groups (broad SMARTS) is 1. The number of carbonyl (C=O) groups excluding carboxylic acids is 1. The van der Waals surface area contributed by atoms with E-state index >= 15 is 0 Å². The van der Waals surface area contributed by atoms with E-state index in [9.17, 15) is 22.8 Å². The van der Waals surface area contributed by atoms with E-state index in [1.807, 2.05) is 0 Å². The van der Waals surface area contributed by atoms with Gasteiger partial charge in [0.2, 0.25) is 0 Å². The molecule has 0 aromatic heterocycles. The summed E-state index contributed by atoms with van der Waals surface area (Å²) in [5, 5.41) is 11.7. The first-order valence-electron chi connectivity index (χ1n) is 8.45. The second-order valence-electron chi connectivity index (χ2n) is 6.23. The van der Waals surface area contributed by atoms with Gasteiger partial charge in [0.05, 0.1) is 12.7 Å². The second-order valence-corrected chi connectivity index (χ2v) is 6.23. The molecule has 10 heteroatoms. The van der Waals surface area contributed by atoms with Gasteiger partial charge in [-0.05, 0) is 29.8 Å². The van der Waals surface area contributed by atoms with Crippen molar-refractivity contribution in [2.45, 2.75) is 12.3 Å². The number of para-hydroxylation sites is 1. The molecule has 0 saturated heterocycles. The molecule has 0 radical (unpaired) electrons. The van der Waals surface area contributed by atoms with Gasteiger partial charge in [-0.3, -0.25) is 4.79 Å². The summed E-state index contributed by atoms with van der Waals surface area (Å²) in [6.07, 6.45) is -5.71. The highest BCUT2D eigenvalue weighted by molar-refractivity contribution is 6.01. The van der Waals surface area contributed by atoms with Crippen LogP contribution >= 0.6 is 0 Å². The van der Waals surface area contributed by atoms with Crippen LogP contribution in [0.4, 0.5) is 18.9 Å². The standard InChI is InChI=1S/C19H17F3N2O5/c1-28-15-8-11(6-7-14(15)29-9-16(25)26)17-23-13-5-3-2-4-12(13)18(27)24(17)10-19(20,21)22/h2-8,17,23H,9-10H2,1H3,(H,25,26)/t17-/m0/s1. The normalized spacial score (nSPS) is 16.1. The molecule has 1 aliphatic heterocycles. The third kappa shape index (κ3) is 4.53. The summed E-state index contributed by atoms with van der Waals surface area (Å²) < 4.78 is 49.7. The van der Waals surface area contributed by atoms with Crippen molar-refractivity contribution < 1.29 is 37.3 Å². The number of nitrogens with zero attached hydrogens (tertiary/aromatic N) is 1. The number of fused-ring (bicyclic) bond motifs is 1. The van der Waals surface area contributed by atoms with Crippen molar-refractivity contribution >= 4 is 17.6 Å². The Morgan fingerprint density at radius 1 is 1.21 bits per heavy atom. The molecule has 154 valence electrons. The molecule has 2 aromatic carbocycles. The first kappa shape index (κ1) is 20.3. The van der Waals surface area contributed by atoms with E-state index in [1.165, 1.54) is 31.4 Å². The maximum absolute atomic E-state index is 13.1. The molecule has 1 heterocycles. The van der Waals surface area contributed by atoms with Crippen LogP contribution in [0, 0.1) is 0 Å². The minimum absolute atomic E-state index is 0.114. The van der Waals surface area contributed by atoms with Gasteiger partial charge in [-0.25, -0.2) is 4.79 Å². The zero-order chi connectivity index (χ0) is 21.2. The molecule has 3 rings (SSSR count). The topological polar surface area (TPSA) is 88.1 Å². The highest BCUT2D eigenvalue weighted by Crippen LogP contribution is 2.38. The molecule has 7 nitrogen and oxygen atoms in total. The number of benzene rings is 2. The number of methoxy groups -OCH3 is 1. The number of carbonyl (C=O) groups is 2. The number of alkyl halides is 3. The number of halogens is 3. The van der Waals surface area contributed by atoms with Crippen LogP contribution in [0.25, 0.3) is 0 Å². The Labute approximate surface area is 163 Å². The first-order chi connectivity index (χ1) is 13.7. The van der Waals surface area contributed by atoms with Gasteiger partial charge in [0.15, 0.2) is 18.1 Å². The largest absolute Gasteiger partial charge is 0.493 e. The Bertz CT molecular complexity index is 932. The van der Waals surface area contributed by atoms with Crippen LogP contribution in [-0.4, -0.2) is 48.3 Å². The molecule has 0 unspecified atom stereocenters. The molecular weight excluding hydrogens is 393 g/mol. The lowest BCUT2D eigenvalue weighted by Crippen LogP contribution is -2.47. The highest BCUT2D eigenvalue weighted by Gasteiger charge is 2.40. The number of nitrogens with one attached hydrogen (secondary N) is 1. The fraction of sp³-hybridized carbons (Fsp3) is 0.263. The third-order valence-corrected chi connectivity index (χ3v) is 4.23. The second kappa shape index (κ2) is 7.90. The van der Waals surface area contributed by atoms with E-state index in [1.54, 1.807) is 18.2 Å². The van der Waals surface area contributed by atoms with Crippen LogP contribution in [0.5, 0.6) is 11.5 Å². The Morgan fingerprint density at radius 2 is 1.93 bits per heavy atom. The van der Waals surface area contributed by atoms with Crippen LogP contribution in [0.3, 0.4) is 0 Å². The lowest BCUT2D eigenvalue weighted by Gasteiger charge is -2.38. The summed E-state index contributed by atoms with van der Waals surface area (Å²) in [6.45, 7) is -2.05. The van der Waals surface area contributed by atoms with Crippen LogP contribution < -0.4 is 14.8 Å². The summed E-state index contributed by atoms with van der Waals surface area (Å²) in [5.41, 5.74) is 0.865. The quantitative estimate of drug-likeness (QED) is 0.760. The van der Waals surface area contributed by atoms with Crippen LogP contribution in [0.1, 0.15) is 22.1 Å². The van der Waals surface area contributed by atoms with Gasteiger partial charge in [-0.1, -0.05) is 18.2 Å². The number of anilines is 1. The van der Waals surface area contributed by atoms with Gasteiger partial charge in [0.1, 0.15) is 12.7 Å². The summed E-state index contributed by atoms with van der Waals surface area (Å²) in [5.74, 6) is -1.71. The lowest BCUT2D eigenvalue weighted by molar-refractivity contribution is -0.144. The van der Waals surface area contributed by atoms with E-state index in [0.717, 1.165) is 0 Å². The zero-order valence-corrected chi connectivity index (χ0v) is 15.2. The molecule has 1 aliphatic rings. The average Bonchev–Trinajstić information content (AvgIpc) is 2.67. The fourth-order valence-electron chi connectivity index (χ4n) is 3.03. The van der Waals surface area contributed by atoms with Crippen molar-refractivity contribution in [2.75, 3.05) is 25.6 Å². The summed E-state index contributed by atoms with van der Waals surface area (Å²) in [6, 6.07) is 10.5. The van der Waals surface area contributed by atoms with Crippen molar-refractivity contribution in [3.63, 3.8) is 0 Å². The molecule has 0 bridgehead atoms. The number of ether oxygens (including phenoxy) is 2. The van der Waals surface area contributed by atoms with Crippen LogP contribution in [-0.2, 0) is 4.79 Å². The Morgan fingerprint density at radius 3 is 2.59 bits per heavy atom. The Kier molecular flexibility index (Phi) is 5.53. The molecule has 0 fully saturated rings. The number of hydrogen-bond donors (Lipinski definition) is 2. The molecule has 0 aliphatic carbocycles. The van der Waals surface area contributed by atoms with Gasteiger partial charge >= 0.3 is 12.1 Å². The van der Waals surface area contributed by atoms with Crippen LogP contribution in [0.15, 0.2) is 42.5 Å². The van der Waals surface area contributed by atoms with Gasteiger partial charge in [-0.15, -0.1) is 0 Å². The lowest BCUT2D eigenvalue weighted by atomic mass is 10.0. The van der Waals surface area contributed by atoms with E-state index in [-0.39, 0.29) is 17.1 Å². The van der Waals surface area contributed by atoms with Crippen molar-refractivity contribution in [2.24, 2.45) is 0 Å². The molecule has 0 spiro atoms. The maximum Gasteiger partial charge on any atom is 0.406 e. The molecule has 1 atom stereocenters. The summed E-state index contributed by atoms with van der Waals surface area (Å²) in [4.78, 5) is 24.1. The minimum Gasteiger partial charge on any atom is -0.493 e. The number of aliphatic carboxylic acids is 1. The van der Waals surface area contributed by atoms with Crippen molar-refractivity contribution in [1.29, 1.82) is 0 Å². The van der Waals surface area contributed by atoms with Gasteiger partial charge in [-0.2, -0.15) is 13.2 Å². The summed E-state index contributed by atoms with van der Waals surface area (Å²) >= 11 is 0. The fourth-order valence-corrected chi connectivity index (χ4v) is 3.03. The molecule has 29 heavy (non-hydrogen) atoms. The molecular formula is C19H17F3N2O5. The number of rotatable bonds is 6. The molecule has 2 N–H and O–H groups in total. The predicted molar refractivity (Wildman–Crippen MR) is 96.0 cm³/mol. The average molecular weight is 410 g/mol. The van der Waals surface area contributed by atoms with Gasteiger partial charge in [0.25, 0.3) is 5.91 Å². The molecule has 2 aromatic rings. The smallest absolute Gasteiger partial charge is 0.406 e. The highest BCUT2D eigenvalue weighted by atomic mass is 19.4. The molecule has 0 saturated carbocycles. The monoisotopic (exact) mass is 410 g/mol. The van der Waals surface area contributed by atoms with Crippen molar-refractivity contribution in [3.8, 4) is 11.5 Å². The van der Waals surface area contributed by atoms with E-state index in [2.05, 4.69) is 5.32 Å². The third-order valence-electron chi connectivity index (χ3n) is 4.23. The van der Waals surface area contributed by atoms with Crippen molar-refractivity contribution in [1.82, 2.24) is 4.90 Å². The SMILES string of the molecule is COc1cc([C@H]2Nc3ccccc3C(=O)N2CC(F)(F)F)ccc1OCC(=O)O. The number of amides is 1. The summed E-state index contributed by atoms with van der Waals surface area (Å²) in [7, 11) is 1.31. The van der Waals surface area contributed by atoms with Crippen molar-refractivity contribution in [3.05, 3.63) is 53.6 Å². The minimum atomic E-state index is -4.60. The first-order valence-corrected chi connectivity index (χ1v) is 8.45. The molecule has 1 amide bonds. The number of hydrogen-bond acceptors (Lipinski definition) is 5.